The van der Waals surface area contributed by atoms with Crippen molar-refractivity contribution in [2.24, 2.45) is 0 Å². The lowest BCUT2D eigenvalue weighted by Crippen LogP contribution is -2.41. The molecule has 0 radical (unpaired) electrons. The maximum Gasteiger partial charge on any atom is 0.119 e. The van der Waals surface area contributed by atoms with Gasteiger partial charge in [-0.15, -0.1) is 0 Å². The molecule has 0 fully saturated rings. The van der Waals surface area contributed by atoms with E-state index in [0.29, 0.717) is 6.61 Å². The third-order valence-electron chi connectivity index (χ3n) is 3.30. The maximum absolute atomic E-state index is 9.25. The van der Waals surface area contributed by atoms with Crippen molar-refractivity contribution in [3.8, 4) is 11.8 Å². The number of nitrogens with one attached hydrogen (secondary N) is 1. The van der Waals surface area contributed by atoms with Gasteiger partial charge in [-0.1, -0.05) is 13.0 Å². The summed E-state index contributed by atoms with van der Waals surface area (Å²) in [6.07, 6.45) is 2.71. The van der Waals surface area contributed by atoms with E-state index < -0.39 is 5.54 Å². The van der Waals surface area contributed by atoms with E-state index in [2.05, 4.69) is 38.2 Å². The minimum absolute atomic E-state index is 0.443. The third kappa shape index (κ3) is 5.63. The molecule has 0 heterocycles. The highest BCUT2D eigenvalue weighted by atomic mass is 16.5. The van der Waals surface area contributed by atoms with Gasteiger partial charge in [0.25, 0.3) is 0 Å². The summed E-state index contributed by atoms with van der Waals surface area (Å²) in [5.74, 6) is 0.919. The number of ether oxygens (including phenoxy) is 1. The Morgan fingerprint density at radius 3 is 2.45 bits per heavy atom. The first kappa shape index (κ1) is 16.5. The summed E-state index contributed by atoms with van der Waals surface area (Å²) in [5.41, 5.74) is 1.99. The molecule has 0 aromatic heterocycles. The molecule has 3 nitrogen and oxygen atoms in total. The van der Waals surface area contributed by atoms with Crippen LogP contribution in [0.3, 0.4) is 0 Å². The van der Waals surface area contributed by atoms with Crippen LogP contribution in [-0.4, -0.2) is 18.7 Å². The second-order valence-electron chi connectivity index (χ2n) is 5.65. The van der Waals surface area contributed by atoms with Gasteiger partial charge >= 0.3 is 0 Å². The average molecular weight is 274 g/mol. The number of hydrogen-bond acceptors (Lipinski definition) is 3. The Morgan fingerprint density at radius 1 is 1.25 bits per heavy atom. The number of benzene rings is 1. The number of aryl methyl sites for hydroxylation is 2. The van der Waals surface area contributed by atoms with Crippen LogP contribution in [0.5, 0.6) is 5.75 Å². The number of nitrogens with zero attached hydrogens (tertiary/aromatic N) is 1. The van der Waals surface area contributed by atoms with E-state index in [9.17, 15) is 5.26 Å². The van der Waals surface area contributed by atoms with Crippen LogP contribution in [0.25, 0.3) is 0 Å². The molecule has 0 bridgehead atoms. The molecule has 0 saturated heterocycles. The molecule has 0 spiro atoms. The van der Waals surface area contributed by atoms with E-state index in [0.717, 1.165) is 31.6 Å². The Bertz CT molecular complexity index is 444. The monoisotopic (exact) mass is 274 g/mol. The number of rotatable bonds is 8. The fourth-order valence-electron chi connectivity index (χ4n) is 2.22. The molecule has 1 N–H and O–H groups in total. The van der Waals surface area contributed by atoms with Gasteiger partial charge in [0.1, 0.15) is 11.3 Å². The van der Waals surface area contributed by atoms with Gasteiger partial charge in [0, 0.05) is 0 Å². The Hall–Kier alpha value is -1.53. The second kappa shape index (κ2) is 7.91. The van der Waals surface area contributed by atoms with Crippen molar-refractivity contribution in [1.29, 1.82) is 5.26 Å². The molecular formula is C17H26N2O. The van der Waals surface area contributed by atoms with Gasteiger partial charge in [0.15, 0.2) is 0 Å². The molecular weight excluding hydrogens is 248 g/mol. The molecule has 1 atom stereocenters. The molecule has 0 saturated carbocycles. The zero-order valence-electron chi connectivity index (χ0n) is 13.1. The van der Waals surface area contributed by atoms with Gasteiger partial charge in [-0.25, -0.2) is 0 Å². The topological polar surface area (TPSA) is 45.0 Å². The zero-order chi connectivity index (χ0) is 15.0. The lowest BCUT2D eigenvalue weighted by molar-refractivity contribution is 0.285. The SMILES string of the molecule is CCCNC(C)(C#N)CCCOc1cc(C)cc(C)c1. The van der Waals surface area contributed by atoms with E-state index in [4.69, 9.17) is 4.74 Å². The van der Waals surface area contributed by atoms with Crippen molar-refractivity contribution in [1.82, 2.24) is 5.32 Å². The highest BCUT2D eigenvalue weighted by Gasteiger charge is 2.21. The van der Waals surface area contributed by atoms with Crippen LogP contribution in [0, 0.1) is 25.2 Å². The normalized spacial score (nSPS) is 13.6. The first-order valence-electron chi connectivity index (χ1n) is 7.36. The van der Waals surface area contributed by atoms with Crippen LogP contribution in [0.4, 0.5) is 0 Å². The lowest BCUT2D eigenvalue weighted by atomic mass is 9.98. The largest absolute Gasteiger partial charge is 0.494 e. The van der Waals surface area contributed by atoms with Crippen LogP contribution in [0.2, 0.25) is 0 Å². The highest BCUT2D eigenvalue weighted by molar-refractivity contribution is 5.32. The first-order chi connectivity index (χ1) is 9.49. The van der Waals surface area contributed by atoms with Crippen molar-refractivity contribution in [2.75, 3.05) is 13.2 Å². The Kier molecular flexibility index (Phi) is 6.54. The van der Waals surface area contributed by atoms with Gasteiger partial charge < -0.3 is 4.74 Å². The van der Waals surface area contributed by atoms with Crippen LogP contribution in [0.1, 0.15) is 44.2 Å². The van der Waals surface area contributed by atoms with E-state index in [1.165, 1.54) is 11.1 Å². The molecule has 20 heavy (non-hydrogen) atoms. The molecule has 1 aromatic carbocycles. The molecule has 1 aromatic rings. The Labute approximate surface area is 123 Å². The van der Waals surface area contributed by atoms with E-state index in [-0.39, 0.29) is 0 Å². The average Bonchev–Trinajstić information content (AvgIpc) is 2.40. The minimum atomic E-state index is -0.443. The molecule has 3 heteroatoms. The van der Waals surface area contributed by atoms with Gasteiger partial charge in [0.05, 0.1) is 12.7 Å². The number of hydrogen-bond donors (Lipinski definition) is 1. The smallest absolute Gasteiger partial charge is 0.119 e. The lowest BCUT2D eigenvalue weighted by Gasteiger charge is -2.23. The summed E-state index contributed by atoms with van der Waals surface area (Å²) in [6, 6.07) is 8.59. The second-order valence-corrected chi connectivity index (χ2v) is 5.65. The molecule has 0 amide bonds. The van der Waals surface area contributed by atoms with Crippen molar-refractivity contribution in [3.05, 3.63) is 29.3 Å². The van der Waals surface area contributed by atoms with Crippen molar-refractivity contribution in [2.45, 2.75) is 52.5 Å². The van der Waals surface area contributed by atoms with E-state index >= 15 is 0 Å². The molecule has 0 aliphatic heterocycles. The van der Waals surface area contributed by atoms with Crippen LogP contribution in [0.15, 0.2) is 18.2 Å². The Balaban J connectivity index is 2.39. The molecule has 1 unspecified atom stereocenters. The fourth-order valence-corrected chi connectivity index (χ4v) is 2.22. The van der Waals surface area contributed by atoms with Crippen LogP contribution in [-0.2, 0) is 0 Å². The summed E-state index contributed by atoms with van der Waals surface area (Å²) < 4.78 is 5.77. The van der Waals surface area contributed by atoms with E-state index in [1.807, 2.05) is 19.1 Å². The highest BCUT2D eigenvalue weighted by Crippen LogP contribution is 2.17. The molecule has 0 aliphatic carbocycles. The van der Waals surface area contributed by atoms with Gasteiger partial charge in [0.2, 0.25) is 0 Å². The predicted molar refractivity (Wildman–Crippen MR) is 83.0 cm³/mol. The number of nitriles is 1. The van der Waals surface area contributed by atoms with Crippen molar-refractivity contribution >= 4 is 0 Å². The van der Waals surface area contributed by atoms with Gasteiger partial charge in [-0.3, -0.25) is 5.32 Å². The van der Waals surface area contributed by atoms with E-state index in [1.54, 1.807) is 0 Å². The van der Waals surface area contributed by atoms with Gasteiger partial charge in [-0.2, -0.15) is 5.26 Å². The molecule has 110 valence electrons. The molecule has 0 aliphatic rings. The fraction of sp³-hybridized carbons (Fsp3) is 0.588. The van der Waals surface area contributed by atoms with Crippen LogP contribution < -0.4 is 10.1 Å². The first-order valence-corrected chi connectivity index (χ1v) is 7.36. The maximum atomic E-state index is 9.25. The standard InChI is InChI=1S/C17H26N2O/c1-5-8-19-17(4,13-18)7-6-9-20-16-11-14(2)10-15(3)12-16/h10-12,19H,5-9H2,1-4H3. The summed E-state index contributed by atoms with van der Waals surface area (Å²) >= 11 is 0. The summed E-state index contributed by atoms with van der Waals surface area (Å²) in [4.78, 5) is 0. The Morgan fingerprint density at radius 2 is 1.90 bits per heavy atom. The summed E-state index contributed by atoms with van der Waals surface area (Å²) in [7, 11) is 0. The predicted octanol–water partition coefficient (Wildman–Crippen LogP) is 3.74. The molecule has 1 rings (SSSR count). The quantitative estimate of drug-likeness (QED) is 0.734. The summed E-state index contributed by atoms with van der Waals surface area (Å²) in [6.45, 7) is 9.73. The zero-order valence-corrected chi connectivity index (χ0v) is 13.1. The minimum Gasteiger partial charge on any atom is -0.494 e. The van der Waals surface area contributed by atoms with Crippen molar-refractivity contribution < 1.29 is 4.74 Å². The third-order valence-corrected chi connectivity index (χ3v) is 3.30. The van der Waals surface area contributed by atoms with Gasteiger partial charge in [-0.05, 0) is 69.8 Å². The summed E-state index contributed by atoms with van der Waals surface area (Å²) in [5, 5.41) is 12.5. The van der Waals surface area contributed by atoms with Crippen molar-refractivity contribution in [3.63, 3.8) is 0 Å². The van der Waals surface area contributed by atoms with Crippen LogP contribution >= 0.6 is 0 Å².